The van der Waals surface area contributed by atoms with Crippen LogP contribution in [0.5, 0.6) is 0 Å². The molecule has 3 aromatic heterocycles. The Labute approximate surface area is 212 Å². The summed E-state index contributed by atoms with van der Waals surface area (Å²) in [6, 6.07) is 21.0. The number of esters is 1. The molecule has 180 valence electrons. The van der Waals surface area contributed by atoms with Gasteiger partial charge in [-0.3, -0.25) is 4.79 Å². The minimum absolute atomic E-state index is 0.322. The Bertz CT molecular complexity index is 1570. The normalized spacial score (nSPS) is 11.0. The van der Waals surface area contributed by atoms with Crippen molar-refractivity contribution >= 4 is 39.9 Å². The van der Waals surface area contributed by atoms with Crippen molar-refractivity contribution in [2.24, 2.45) is 0 Å². The molecule has 0 fully saturated rings. The zero-order chi connectivity index (χ0) is 25.2. The van der Waals surface area contributed by atoms with Gasteiger partial charge in [0.05, 0.1) is 32.9 Å². The second-order valence-electron chi connectivity index (χ2n) is 8.51. The number of hydrogen-bond acceptors (Lipinski definition) is 6. The quantitative estimate of drug-likeness (QED) is 0.297. The van der Waals surface area contributed by atoms with Crippen LogP contribution < -0.4 is 5.32 Å². The number of rotatable bonds is 6. The van der Waals surface area contributed by atoms with Gasteiger partial charge in [-0.15, -0.1) is 11.3 Å². The van der Waals surface area contributed by atoms with Gasteiger partial charge in [-0.05, 0) is 62.0 Å². The molecule has 0 radical (unpaired) electrons. The number of carbonyl (C=O) groups excluding carboxylic acids is 2. The molecular formula is C28H24N4O3S. The van der Waals surface area contributed by atoms with E-state index in [0.29, 0.717) is 33.7 Å². The van der Waals surface area contributed by atoms with Crippen LogP contribution in [0.3, 0.4) is 0 Å². The summed E-state index contributed by atoms with van der Waals surface area (Å²) < 4.78 is 7.19. The molecule has 0 aliphatic carbocycles. The zero-order valence-corrected chi connectivity index (χ0v) is 20.9. The smallest absolute Gasteiger partial charge is 0.339 e. The maximum atomic E-state index is 13.3. The number of aryl methyl sites for hydroxylation is 3. The lowest BCUT2D eigenvalue weighted by atomic mass is 10.1. The summed E-state index contributed by atoms with van der Waals surface area (Å²) in [5, 5.41) is 10.0. The Hall–Kier alpha value is -4.30. The van der Waals surface area contributed by atoms with Gasteiger partial charge < -0.3 is 10.1 Å². The molecule has 0 saturated heterocycles. The highest BCUT2D eigenvalue weighted by atomic mass is 32.1. The van der Waals surface area contributed by atoms with Crippen molar-refractivity contribution in [3.05, 3.63) is 94.5 Å². The summed E-state index contributed by atoms with van der Waals surface area (Å²) >= 11 is 1.53. The van der Waals surface area contributed by atoms with Crippen molar-refractivity contribution in [1.82, 2.24) is 14.8 Å². The fraction of sp³-hybridized carbons (Fsp3) is 0.143. The minimum Gasteiger partial charge on any atom is -0.452 e. The van der Waals surface area contributed by atoms with E-state index in [1.165, 1.54) is 11.3 Å². The first-order valence-corrected chi connectivity index (χ1v) is 12.3. The Balaban J connectivity index is 1.48. The van der Waals surface area contributed by atoms with E-state index in [1.54, 1.807) is 10.7 Å². The summed E-state index contributed by atoms with van der Waals surface area (Å²) in [7, 11) is 0. The molecule has 0 unspecified atom stereocenters. The van der Waals surface area contributed by atoms with Crippen LogP contribution in [0.2, 0.25) is 0 Å². The molecule has 7 nitrogen and oxygen atoms in total. The maximum Gasteiger partial charge on any atom is 0.339 e. The number of pyridine rings is 1. The minimum atomic E-state index is -0.605. The second kappa shape index (κ2) is 9.75. The zero-order valence-electron chi connectivity index (χ0n) is 20.1. The number of thiophene rings is 1. The topological polar surface area (TPSA) is 86.1 Å². The Kier molecular flexibility index (Phi) is 6.35. The number of nitrogens with one attached hydrogen (secondary N) is 1. The van der Waals surface area contributed by atoms with Gasteiger partial charge in [0.1, 0.15) is 0 Å². The number of nitrogens with zero attached hydrogens (tertiary/aromatic N) is 3. The molecule has 5 rings (SSSR count). The third-order valence-electron chi connectivity index (χ3n) is 5.80. The van der Waals surface area contributed by atoms with Gasteiger partial charge in [-0.2, -0.15) is 5.10 Å². The first-order chi connectivity index (χ1) is 17.4. The third kappa shape index (κ3) is 4.63. The molecular weight excluding hydrogens is 472 g/mol. The number of ether oxygens (including phenoxy) is 1. The molecule has 2 aromatic carbocycles. The summed E-state index contributed by atoms with van der Waals surface area (Å²) in [6.07, 6.45) is 0. The molecule has 0 saturated carbocycles. The van der Waals surface area contributed by atoms with E-state index in [0.717, 1.165) is 21.7 Å². The van der Waals surface area contributed by atoms with Crippen LogP contribution in [0.4, 0.5) is 5.69 Å². The first kappa shape index (κ1) is 23.4. The number of benzene rings is 2. The van der Waals surface area contributed by atoms with Gasteiger partial charge in [0, 0.05) is 5.69 Å². The summed E-state index contributed by atoms with van der Waals surface area (Å²) in [5.41, 5.74) is 5.72. The molecule has 0 bridgehead atoms. The van der Waals surface area contributed by atoms with E-state index < -0.39 is 18.5 Å². The highest BCUT2D eigenvalue weighted by Crippen LogP contribution is 2.31. The Morgan fingerprint density at radius 3 is 2.53 bits per heavy atom. The lowest BCUT2D eigenvalue weighted by Gasteiger charge is -2.11. The van der Waals surface area contributed by atoms with Crippen molar-refractivity contribution in [1.29, 1.82) is 0 Å². The predicted molar refractivity (Wildman–Crippen MR) is 142 cm³/mol. The maximum absolute atomic E-state index is 13.3. The number of hydrogen-bond donors (Lipinski definition) is 1. The fourth-order valence-corrected chi connectivity index (χ4v) is 4.78. The largest absolute Gasteiger partial charge is 0.452 e. The lowest BCUT2D eigenvalue weighted by Crippen LogP contribution is -2.21. The van der Waals surface area contributed by atoms with Crippen molar-refractivity contribution in [3.63, 3.8) is 0 Å². The summed E-state index contributed by atoms with van der Waals surface area (Å²) in [5.74, 6) is -1.01. The van der Waals surface area contributed by atoms with Gasteiger partial charge in [0.25, 0.3) is 5.91 Å². The predicted octanol–water partition coefficient (Wildman–Crippen LogP) is 5.87. The third-order valence-corrected chi connectivity index (χ3v) is 6.69. The second-order valence-corrected chi connectivity index (χ2v) is 9.45. The fourth-order valence-electron chi connectivity index (χ4n) is 4.10. The van der Waals surface area contributed by atoms with Crippen LogP contribution in [0, 0.1) is 20.8 Å². The highest BCUT2D eigenvalue weighted by molar-refractivity contribution is 7.13. The number of aromatic nitrogens is 3. The van der Waals surface area contributed by atoms with Gasteiger partial charge in [-0.25, -0.2) is 14.5 Å². The van der Waals surface area contributed by atoms with E-state index in [9.17, 15) is 9.59 Å². The van der Waals surface area contributed by atoms with Crippen LogP contribution >= 0.6 is 11.3 Å². The lowest BCUT2D eigenvalue weighted by molar-refractivity contribution is -0.119. The van der Waals surface area contributed by atoms with E-state index in [-0.39, 0.29) is 0 Å². The number of anilines is 1. The monoisotopic (exact) mass is 496 g/mol. The molecule has 8 heteroatoms. The van der Waals surface area contributed by atoms with Crippen molar-refractivity contribution in [3.8, 4) is 16.3 Å². The molecule has 3 heterocycles. The molecule has 1 N–H and O–H groups in total. The van der Waals surface area contributed by atoms with Crippen LogP contribution in [-0.4, -0.2) is 33.2 Å². The van der Waals surface area contributed by atoms with Crippen LogP contribution in [0.25, 0.3) is 27.3 Å². The molecule has 0 aliphatic rings. The van der Waals surface area contributed by atoms with Gasteiger partial charge in [0.2, 0.25) is 0 Å². The SMILES string of the molecule is Cc1ccc(NC(=O)COC(=O)c2cc(-c3cccs3)nc3c2c(C)nn3-c2ccccc2)c(C)c1. The van der Waals surface area contributed by atoms with Crippen LogP contribution in [-0.2, 0) is 9.53 Å². The van der Waals surface area contributed by atoms with Crippen molar-refractivity contribution in [2.45, 2.75) is 20.8 Å². The first-order valence-electron chi connectivity index (χ1n) is 11.4. The Morgan fingerprint density at radius 2 is 1.81 bits per heavy atom. The van der Waals surface area contributed by atoms with Gasteiger partial charge in [-0.1, -0.05) is 42.0 Å². The van der Waals surface area contributed by atoms with Crippen LogP contribution in [0.15, 0.2) is 72.1 Å². The van der Waals surface area contributed by atoms with Crippen molar-refractivity contribution < 1.29 is 14.3 Å². The molecule has 5 aromatic rings. The number of carbonyl (C=O) groups is 2. The molecule has 0 atom stereocenters. The van der Waals surface area contributed by atoms with Crippen molar-refractivity contribution in [2.75, 3.05) is 11.9 Å². The summed E-state index contributed by atoms with van der Waals surface area (Å²) in [6.45, 7) is 5.33. The Morgan fingerprint density at radius 1 is 1.00 bits per heavy atom. The van der Waals surface area contributed by atoms with E-state index in [1.807, 2.05) is 86.8 Å². The average molecular weight is 497 g/mol. The van der Waals surface area contributed by atoms with Gasteiger partial charge in [0.15, 0.2) is 12.3 Å². The molecule has 36 heavy (non-hydrogen) atoms. The number of fused-ring (bicyclic) bond motifs is 1. The molecule has 0 spiro atoms. The van der Waals surface area contributed by atoms with E-state index in [4.69, 9.17) is 9.72 Å². The highest BCUT2D eigenvalue weighted by Gasteiger charge is 2.23. The van der Waals surface area contributed by atoms with Crippen LogP contribution in [0.1, 0.15) is 27.2 Å². The number of para-hydroxylation sites is 1. The molecule has 1 amide bonds. The van der Waals surface area contributed by atoms with E-state index >= 15 is 0 Å². The standard InChI is InChI=1S/C28H24N4O3S/c1-17-11-12-22(18(2)14-17)29-25(33)16-35-28(34)21-15-23(24-10-7-13-36-24)30-27-26(21)19(3)31-32(27)20-8-5-4-6-9-20/h4-15H,16H2,1-3H3,(H,29,33). The average Bonchev–Trinajstić information content (AvgIpc) is 3.53. The molecule has 0 aliphatic heterocycles. The van der Waals surface area contributed by atoms with Gasteiger partial charge >= 0.3 is 5.97 Å². The number of amides is 1. The summed E-state index contributed by atoms with van der Waals surface area (Å²) in [4.78, 5) is 31.6. The van der Waals surface area contributed by atoms with E-state index in [2.05, 4.69) is 10.4 Å².